The molecule has 0 aromatic carbocycles. The molecule has 12 heavy (non-hydrogen) atoms. The normalized spacial score (nSPS) is 21.2. The lowest BCUT2D eigenvalue weighted by atomic mass is 10.3. The molecule has 3 nitrogen and oxygen atoms in total. The van der Waals surface area contributed by atoms with Crippen molar-refractivity contribution in [2.24, 2.45) is 0 Å². The molecule has 1 aliphatic rings. The lowest BCUT2D eigenvalue weighted by molar-refractivity contribution is -0.135. The summed E-state index contributed by atoms with van der Waals surface area (Å²) in [5.74, 6) is -0.228. The summed E-state index contributed by atoms with van der Waals surface area (Å²) in [5.41, 5.74) is 0.664. The summed E-state index contributed by atoms with van der Waals surface area (Å²) < 4.78 is 10.2. The Morgan fingerprint density at radius 2 is 2.17 bits per heavy atom. The third kappa shape index (κ3) is 2.69. The van der Waals surface area contributed by atoms with E-state index in [1.807, 2.05) is 0 Å². The maximum Gasteiger partial charge on any atom is 0.337 e. The van der Waals surface area contributed by atoms with Crippen LogP contribution in [0.3, 0.4) is 0 Å². The minimum Gasteiger partial charge on any atom is -0.549 e. The molecule has 68 valence electrons. The zero-order chi connectivity index (χ0) is 9.19. The largest absolute Gasteiger partial charge is 0.549 e. The van der Waals surface area contributed by atoms with Gasteiger partial charge in [0.1, 0.15) is 0 Å². The van der Waals surface area contributed by atoms with Gasteiger partial charge in [-0.3, -0.25) is 0 Å². The third-order valence-electron chi connectivity index (χ3n) is 1.42. The number of carbonyl (C=O) groups is 1. The summed E-state index contributed by atoms with van der Waals surface area (Å²) in [6.45, 7) is 6.72. The van der Waals surface area contributed by atoms with E-state index in [0.29, 0.717) is 18.6 Å². The van der Waals surface area contributed by atoms with Crippen LogP contribution in [0.5, 0.6) is 0 Å². The molecule has 0 N–H and O–H groups in total. The monoisotopic (exact) mass is 186 g/mol. The Bertz CT molecular complexity index is 215. The molecule has 0 amide bonds. The third-order valence-corrected chi connectivity index (χ3v) is 2.25. The van der Waals surface area contributed by atoms with Gasteiger partial charge >= 0.3 is 5.97 Å². The molecule has 0 saturated carbocycles. The molecule has 1 saturated heterocycles. The van der Waals surface area contributed by atoms with E-state index < -0.39 is 8.32 Å². The topological polar surface area (TPSA) is 35.5 Å². The van der Waals surface area contributed by atoms with Gasteiger partial charge in [-0.25, -0.2) is 4.79 Å². The van der Waals surface area contributed by atoms with Crippen LogP contribution in [0.15, 0.2) is 11.8 Å². The smallest absolute Gasteiger partial charge is 0.337 e. The van der Waals surface area contributed by atoms with E-state index in [4.69, 9.17) is 9.16 Å². The van der Waals surface area contributed by atoms with Crippen molar-refractivity contribution in [3.63, 3.8) is 0 Å². The summed E-state index contributed by atoms with van der Waals surface area (Å²) in [6.07, 6.45) is 2.25. The summed E-state index contributed by atoms with van der Waals surface area (Å²) in [5, 5.41) is 0. The Morgan fingerprint density at radius 3 is 2.58 bits per heavy atom. The van der Waals surface area contributed by atoms with Crippen LogP contribution < -0.4 is 0 Å². The van der Waals surface area contributed by atoms with Crippen molar-refractivity contribution in [1.29, 1.82) is 0 Å². The standard InChI is InChI=1S/C8H14O3Si/c1-12(2,3)11-6-7-4-5-10-8(7)9/h6H,4-5H2,1-3H3/b7-6+. The highest BCUT2D eigenvalue weighted by Crippen LogP contribution is 2.14. The molecule has 1 fully saturated rings. The number of esters is 1. The number of carbonyl (C=O) groups excluding carboxylic acids is 1. The number of hydrogen-bond acceptors (Lipinski definition) is 3. The van der Waals surface area contributed by atoms with Gasteiger partial charge in [0.15, 0.2) is 0 Å². The molecule has 0 bridgehead atoms. The first-order valence-corrected chi connectivity index (χ1v) is 7.44. The van der Waals surface area contributed by atoms with E-state index in [-0.39, 0.29) is 5.97 Å². The molecular formula is C8H14O3Si. The first-order chi connectivity index (χ1) is 5.49. The Kier molecular flexibility index (Phi) is 2.57. The van der Waals surface area contributed by atoms with E-state index in [1.165, 1.54) is 0 Å². The van der Waals surface area contributed by atoms with E-state index in [0.717, 1.165) is 0 Å². The summed E-state index contributed by atoms with van der Waals surface area (Å²) in [6, 6.07) is 0. The predicted octanol–water partition coefficient (Wildman–Crippen LogP) is 1.67. The molecule has 1 heterocycles. The van der Waals surface area contributed by atoms with Crippen molar-refractivity contribution in [2.75, 3.05) is 6.61 Å². The molecule has 0 atom stereocenters. The molecule has 1 rings (SSSR count). The number of ether oxygens (including phenoxy) is 1. The molecule has 0 unspecified atom stereocenters. The van der Waals surface area contributed by atoms with E-state index in [9.17, 15) is 4.79 Å². The highest BCUT2D eigenvalue weighted by atomic mass is 28.4. The molecule has 4 heteroatoms. The van der Waals surface area contributed by atoms with Gasteiger partial charge in [-0.2, -0.15) is 0 Å². The quantitative estimate of drug-likeness (QED) is 0.285. The number of cyclic esters (lactones) is 1. The Hall–Kier alpha value is -0.773. The van der Waals surface area contributed by atoms with E-state index in [2.05, 4.69) is 19.6 Å². The maximum absolute atomic E-state index is 10.9. The van der Waals surface area contributed by atoms with E-state index >= 15 is 0 Å². The van der Waals surface area contributed by atoms with Gasteiger partial charge in [-0.1, -0.05) is 0 Å². The fourth-order valence-corrected chi connectivity index (χ4v) is 1.30. The fraction of sp³-hybridized carbons (Fsp3) is 0.625. The average molecular weight is 186 g/mol. The number of hydrogen-bond donors (Lipinski definition) is 0. The molecule has 0 radical (unpaired) electrons. The van der Waals surface area contributed by atoms with Crippen LogP contribution in [0, 0.1) is 0 Å². The zero-order valence-electron chi connectivity index (χ0n) is 7.72. The predicted molar refractivity (Wildman–Crippen MR) is 48.1 cm³/mol. The maximum atomic E-state index is 10.9. The highest BCUT2D eigenvalue weighted by Gasteiger charge is 2.21. The lowest BCUT2D eigenvalue weighted by Gasteiger charge is -2.14. The van der Waals surface area contributed by atoms with Crippen LogP contribution >= 0.6 is 0 Å². The number of rotatable bonds is 2. The van der Waals surface area contributed by atoms with Crippen molar-refractivity contribution in [3.05, 3.63) is 11.8 Å². The lowest BCUT2D eigenvalue weighted by Crippen LogP contribution is -2.22. The highest BCUT2D eigenvalue weighted by molar-refractivity contribution is 6.69. The minimum atomic E-state index is -1.54. The second kappa shape index (κ2) is 3.31. The van der Waals surface area contributed by atoms with Gasteiger partial charge in [0.2, 0.25) is 8.32 Å². The van der Waals surface area contributed by atoms with Crippen molar-refractivity contribution >= 4 is 14.3 Å². The van der Waals surface area contributed by atoms with Crippen LogP contribution in [-0.4, -0.2) is 20.9 Å². The Morgan fingerprint density at radius 1 is 1.50 bits per heavy atom. The first-order valence-electron chi connectivity index (χ1n) is 4.03. The molecule has 0 aromatic rings. The molecular weight excluding hydrogens is 172 g/mol. The molecule has 0 aliphatic carbocycles. The van der Waals surface area contributed by atoms with Gasteiger partial charge in [0.25, 0.3) is 0 Å². The van der Waals surface area contributed by atoms with Gasteiger partial charge in [0.05, 0.1) is 18.4 Å². The van der Waals surface area contributed by atoms with Crippen molar-refractivity contribution in [3.8, 4) is 0 Å². The van der Waals surface area contributed by atoms with Crippen molar-refractivity contribution in [2.45, 2.75) is 26.1 Å². The minimum absolute atomic E-state index is 0.228. The van der Waals surface area contributed by atoms with E-state index in [1.54, 1.807) is 6.26 Å². The van der Waals surface area contributed by atoms with Gasteiger partial charge in [-0.05, 0) is 19.6 Å². The van der Waals surface area contributed by atoms with Crippen molar-refractivity contribution in [1.82, 2.24) is 0 Å². The zero-order valence-corrected chi connectivity index (χ0v) is 8.72. The van der Waals surface area contributed by atoms with Gasteiger partial charge in [-0.15, -0.1) is 0 Å². The molecule has 1 aliphatic heterocycles. The SMILES string of the molecule is C[Si](C)(C)O/C=C1\CCOC1=O. The summed E-state index contributed by atoms with van der Waals surface area (Å²) >= 11 is 0. The van der Waals surface area contributed by atoms with Crippen LogP contribution in [0.4, 0.5) is 0 Å². The summed E-state index contributed by atoms with van der Waals surface area (Å²) in [7, 11) is -1.54. The molecule has 0 spiro atoms. The van der Waals surface area contributed by atoms with Gasteiger partial charge < -0.3 is 9.16 Å². The Labute approximate surface area is 73.5 Å². The first kappa shape index (κ1) is 9.32. The van der Waals surface area contributed by atoms with Crippen LogP contribution in [0.2, 0.25) is 19.6 Å². The van der Waals surface area contributed by atoms with Crippen LogP contribution in [0.25, 0.3) is 0 Å². The molecule has 0 aromatic heterocycles. The average Bonchev–Trinajstić information content (AvgIpc) is 2.29. The second-order valence-corrected chi connectivity index (χ2v) is 8.22. The van der Waals surface area contributed by atoms with Crippen LogP contribution in [-0.2, 0) is 14.0 Å². The second-order valence-electron chi connectivity index (χ2n) is 3.76. The Balaban J connectivity index is 2.52. The van der Waals surface area contributed by atoms with Crippen molar-refractivity contribution < 1.29 is 14.0 Å². The summed E-state index contributed by atoms with van der Waals surface area (Å²) in [4.78, 5) is 10.9. The fourth-order valence-electron chi connectivity index (χ4n) is 0.803. The van der Waals surface area contributed by atoms with Gasteiger partial charge in [0, 0.05) is 6.42 Å². The van der Waals surface area contributed by atoms with Crippen LogP contribution in [0.1, 0.15) is 6.42 Å².